The number of hydrogen-bond acceptors (Lipinski definition) is 0. The third-order valence-corrected chi connectivity index (χ3v) is 3.88. The lowest BCUT2D eigenvalue weighted by Crippen LogP contribution is -2.32. The summed E-state index contributed by atoms with van der Waals surface area (Å²) in [5.41, 5.74) is 0.696. The van der Waals surface area contributed by atoms with Gasteiger partial charge in [-0.25, -0.2) is 0 Å². The fourth-order valence-electron chi connectivity index (χ4n) is 3.14. The molecule has 2 aliphatic rings. The summed E-state index contributed by atoms with van der Waals surface area (Å²) in [5.74, 6) is 1.09. The Hall–Kier alpha value is 0. The zero-order valence-corrected chi connectivity index (χ0v) is 7.60. The van der Waals surface area contributed by atoms with Crippen LogP contribution in [-0.4, -0.2) is 0 Å². The lowest BCUT2D eigenvalue weighted by molar-refractivity contribution is 0.109. The summed E-state index contributed by atoms with van der Waals surface area (Å²) in [6.07, 6.45) is 13.0. The normalized spacial score (nSPS) is 43.9. The molecule has 11 heavy (non-hydrogen) atoms. The Morgan fingerprint density at radius 2 is 1.82 bits per heavy atom. The zero-order chi connectivity index (χ0) is 7.73. The molecule has 0 aliphatic heterocycles. The predicted octanol–water partition coefficient (Wildman–Crippen LogP) is 3.57. The fraction of sp³-hybridized carbons (Fsp3) is 0.909. The van der Waals surface area contributed by atoms with Gasteiger partial charge in [-0.1, -0.05) is 32.6 Å². The molecule has 0 spiro atoms. The van der Waals surface area contributed by atoms with Gasteiger partial charge in [0.25, 0.3) is 0 Å². The molecule has 0 aromatic rings. The summed E-state index contributed by atoms with van der Waals surface area (Å²) >= 11 is 0. The van der Waals surface area contributed by atoms with Crippen LogP contribution in [0.15, 0.2) is 0 Å². The Bertz CT molecular complexity index is 127. The van der Waals surface area contributed by atoms with E-state index in [4.69, 9.17) is 0 Å². The molecule has 2 bridgehead atoms. The highest BCUT2D eigenvalue weighted by molar-refractivity contribution is 4.96. The van der Waals surface area contributed by atoms with Gasteiger partial charge in [-0.05, 0) is 37.0 Å². The van der Waals surface area contributed by atoms with Crippen LogP contribution in [0, 0.1) is 17.8 Å². The van der Waals surface area contributed by atoms with Crippen LogP contribution < -0.4 is 0 Å². The highest BCUT2D eigenvalue weighted by atomic mass is 14.4. The van der Waals surface area contributed by atoms with Crippen molar-refractivity contribution in [2.24, 2.45) is 11.3 Å². The second kappa shape index (κ2) is 2.80. The molecule has 0 atom stereocenters. The minimum atomic E-state index is 0.696. The van der Waals surface area contributed by atoms with Gasteiger partial charge in [0.05, 0.1) is 0 Å². The maximum atomic E-state index is 2.50. The second-order valence-corrected chi connectivity index (χ2v) is 4.51. The van der Waals surface area contributed by atoms with Crippen molar-refractivity contribution in [2.45, 2.75) is 51.9 Å². The molecular formula is C11H19. The average molecular weight is 151 g/mol. The summed E-state index contributed by atoms with van der Waals surface area (Å²) in [4.78, 5) is 0. The van der Waals surface area contributed by atoms with Crippen LogP contribution in [0.5, 0.6) is 0 Å². The molecule has 1 radical (unpaired) electrons. The van der Waals surface area contributed by atoms with E-state index in [9.17, 15) is 0 Å². The van der Waals surface area contributed by atoms with Crippen LogP contribution >= 0.6 is 0 Å². The number of rotatable bonds is 1. The quantitative estimate of drug-likeness (QED) is 0.537. The molecule has 0 heterocycles. The van der Waals surface area contributed by atoms with E-state index in [1.165, 1.54) is 44.9 Å². The summed E-state index contributed by atoms with van der Waals surface area (Å²) < 4.78 is 0. The monoisotopic (exact) mass is 151 g/mol. The molecule has 2 rings (SSSR count). The van der Waals surface area contributed by atoms with Crippen LogP contribution in [0.4, 0.5) is 0 Å². The average Bonchev–Trinajstić information content (AvgIpc) is 2.05. The van der Waals surface area contributed by atoms with Crippen molar-refractivity contribution in [1.29, 1.82) is 0 Å². The maximum absolute atomic E-state index is 2.50. The molecule has 0 heteroatoms. The van der Waals surface area contributed by atoms with Crippen LogP contribution in [0.3, 0.4) is 0 Å². The summed E-state index contributed by atoms with van der Waals surface area (Å²) in [5, 5.41) is 0. The van der Waals surface area contributed by atoms with Crippen molar-refractivity contribution in [3.05, 3.63) is 6.42 Å². The molecule has 0 nitrogen and oxygen atoms in total. The molecule has 0 aromatic carbocycles. The molecule has 2 fully saturated rings. The Balaban J connectivity index is 2.07. The zero-order valence-electron chi connectivity index (χ0n) is 7.60. The Morgan fingerprint density at radius 1 is 1.18 bits per heavy atom. The standard InChI is InChI=1S/C11H19/c1-2-11-7-3-5-10(9-11)6-4-8-11/h2,10H,3-9H2,1H3. The molecule has 0 unspecified atom stereocenters. The smallest absolute Gasteiger partial charge is 0.0266 e. The summed E-state index contributed by atoms with van der Waals surface area (Å²) in [7, 11) is 0. The Labute approximate surface area is 70.4 Å². The van der Waals surface area contributed by atoms with E-state index in [-0.39, 0.29) is 0 Å². The number of fused-ring (bicyclic) bond motifs is 2. The lowest BCUT2D eigenvalue weighted by Gasteiger charge is -2.44. The van der Waals surface area contributed by atoms with Gasteiger partial charge in [-0.15, -0.1) is 0 Å². The predicted molar refractivity (Wildman–Crippen MR) is 48.2 cm³/mol. The summed E-state index contributed by atoms with van der Waals surface area (Å²) in [6.45, 7) is 2.27. The molecule has 0 saturated heterocycles. The van der Waals surface area contributed by atoms with Gasteiger partial charge < -0.3 is 0 Å². The van der Waals surface area contributed by atoms with E-state index in [0.29, 0.717) is 5.41 Å². The molecule has 0 amide bonds. The molecule has 2 saturated carbocycles. The summed E-state index contributed by atoms with van der Waals surface area (Å²) in [6, 6.07) is 0. The van der Waals surface area contributed by atoms with E-state index in [2.05, 4.69) is 13.3 Å². The first-order valence-electron chi connectivity index (χ1n) is 5.15. The van der Waals surface area contributed by atoms with Gasteiger partial charge in [0.2, 0.25) is 0 Å². The molecule has 0 aromatic heterocycles. The third-order valence-electron chi connectivity index (χ3n) is 3.88. The fourth-order valence-corrected chi connectivity index (χ4v) is 3.14. The van der Waals surface area contributed by atoms with Crippen LogP contribution in [0.1, 0.15) is 51.9 Å². The minimum absolute atomic E-state index is 0.696. The molecule has 0 N–H and O–H groups in total. The highest BCUT2D eigenvalue weighted by Gasteiger charge is 2.37. The Morgan fingerprint density at radius 3 is 2.27 bits per heavy atom. The molecule has 2 aliphatic carbocycles. The van der Waals surface area contributed by atoms with Gasteiger partial charge in [-0.3, -0.25) is 0 Å². The van der Waals surface area contributed by atoms with Crippen molar-refractivity contribution in [2.75, 3.05) is 0 Å². The van der Waals surface area contributed by atoms with Gasteiger partial charge in [-0.2, -0.15) is 0 Å². The molecule has 63 valence electrons. The van der Waals surface area contributed by atoms with Crippen molar-refractivity contribution in [3.63, 3.8) is 0 Å². The SMILES string of the molecule is C[CH]C12CCCC(CCC1)C2. The van der Waals surface area contributed by atoms with Crippen LogP contribution in [0.25, 0.3) is 0 Å². The number of hydrogen-bond donors (Lipinski definition) is 0. The van der Waals surface area contributed by atoms with Gasteiger partial charge in [0.1, 0.15) is 0 Å². The van der Waals surface area contributed by atoms with E-state index in [1.54, 1.807) is 0 Å². The Kier molecular flexibility index (Phi) is 1.95. The highest BCUT2D eigenvalue weighted by Crippen LogP contribution is 2.50. The van der Waals surface area contributed by atoms with Crippen molar-refractivity contribution < 1.29 is 0 Å². The van der Waals surface area contributed by atoms with Gasteiger partial charge in [0, 0.05) is 0 Å². The first-order chi connectivity index (χ1) is 5.35. The lowest BCUT2D eigenvalue weighted by atomic mass is 9.61. The van der Waals surface area contributed by atoms with E-state index in [0.717, 1.165) is 5.92 Å². The largest absolute Gasteiger partial charge is 0.0617 e. The second-order valence-electron chi connectivity index (χ2n) is 4.51. The van der Waals surface area contributed by atoms with Crippen LogP contribution in [0.2, 0.25) is 0 Å². The van der Waals surface area contributed by atoms with Crippen molar-refractivity contribution in [3.8, 4) is 0 Å². The topological polar surface area (TPSA) is 0 Å². The van der Waals surface area contributed by atoms with Crippen molar-refractivity contribution >= 4 is 0 Å². The van der Waals surface area contributed by atoms with Gasteiger partial charge in [0.15, 0.2) is 0 Å². The molecular weight excluding hydrogens is 132 g/mol. The van der Waals surface area contributed by atoms with Crippen molar-refractivity contribution in [1.82, 2.24) is 0 Å². The first-order valence-corrected chi connectivity index (χ1v) is 5.15. The van der Waals surface area contributed by atoms with E-state index >= 15 is 0 Å². The third kappa shape index (κ3) is 1.32. The van der Waals surface area contributed by atoms with Crippen LogP contribution in [-0.2, 0) is 0 Å². The first kappa shape index (κ1) is 7.64. The van der Waals surface area contributed by atoms with E-state index in [1.807, 2.05) is 0 Å². The van der Waals surface area contributed by atoms with Gasteiger partial charge >= 0.3 is 0 Å². The minimum Gasteiger partial charge on any atom is -0.0617 e. The van der Waals surface area contributed by atoms with E-state index < -0.39 is 0 Å². The maximum Gasteiger partial charge on any atom is -0.0266 e.